The molecule has 0 aliphatic heterocycles. The van der Waals surface area contributed by atoms with Crippen molar-refractivity contribution in [1.82, 2.24) is 0 Å². The number of hydrogen-bond acceptors (Lipinski definition) is 2. The number of aryl methyl sites for hydroxylation is 1. The van der Waals surface area contributed by atoms with Gasteiger partial charge in [0.1, 0.15) is 5.75 Å². The summed E-state index contributed by atoms with van der Waals surface area (Å²) in [5, 5.41) is 0. The Bertz CT molecular complexity index is 529. The molecule has 1 aromatic carbocycles. The number of hydrogen-bond donors (Lipinski definition) is 0. The number of rotatable bonds is 12. The monoisotopic (exact) mass is 344 g/mol. The molecule has 0 aliphatic rings. The van der Waals surface area contributed by atoms with E-state index in [2.05, 4.69) is 26.0 Å². The van der Waals surface area contributed by atoms with Gasteiger partial charge in [0.15, 0.2) is 0 Å². The summed E-state index contributed by atoms with van der Waals surface area (Å²) in [4.78, 5) is 11.2. The van der Waals surface area contributed by atoms with Crippen molar-refractivity contribution in [2.45, 2.75) is 85.5 Å². The Balaban J connectivity index is 2.28. The highest BCUT2D eigenvalue weighted by atomic mass is 16.5. The van der Waals surface area contributed by atoms with E-state index in [1.165, 1.54) is 63.9 Å². The van der Waals surface area contributed by atoms with Crippen LogP contribution in [0.15, 0.2) is 24.3 Å². The molecule has 0 saturated heterocycles. The lowest BCUT2D eigenvalue weighted by atomic mass is 10.0. The first-order valence-electron chi connectivity index (χ1n) is 9.97. The van der Waals surface area contributed by atoms with Crippen molar-refractivity contribution in [3.05, 3.63) is 35.4 Å². The summed E-state index contributed by atoms with van der Waals surface area (Å²) in [6, 6.07) is 6.14. The fraction of sp³-hybridized carbons (Fsp3) is 0.609. The zero-order chi connectivity index (χ0) is 18.5. The molecule has 0 spiro atoms. The second-order valence-electron chi connectivity index (χ2n) is 7.37. The fourth-order valence-corrected chi connectivity index (χ4v) is 3.08. The van der Waals surface area contributed by atoms with Crippen LogP contribution in [0.2, 0.25) is 0 Å². The predicted molar refractivity (Wildman–Crippen MR) is 108 cm³/mol. The predicted octanol–water partition coefficient (Wildman–Crippen LogP) is 6.96. The first-order chi connectivity index (χ1) is 12.0. The largest absolute Gasteiger partial charge is 0.426 e. The van der Waals surface area contributed by atoms with E-state index in [1.807, 2.05) is 25.1 Å². The van der Waals surface area contributed by atoms with E-state index in [4.69, 9.17) is 4.74 Å². The first-order valence-corrected chi connectivity index (χ1v) is 9.97. The van der Waals surface area contributed by atoms with Crippen LogP contribution in [0, 0.1) is 5.92 Å². The van der Waals surface area contributed by atoms with Gasteiger partial charge in [-0.2, -0.15) is 0 Å². The number of ether oxygens (including phenoxy) is 1. The molecule has 0 fully saturated rings. The lowest BCUT2D eigenvalue weighted by Gasteiger charge is -2.09. The molecule has 0 atom stereocenters. The summed E-state index contributed by atoms with van der Waals surface area (Å²) in [6.45, 7) is 8.03. The van der Waals surface area contributed by atoms with Crippen LogP contribution in [0.25, 0.3) is 6.08 Å². The van der Waals surface area contributed by atoms with Gasteiger partial charge >= 0.3 is 5.97 Å². The Morgan fingerprint density at radius 2 is 1.68 bits per heavy atom. The van der Waals surface area contributed by atoms with Crippen LogP contribution in [-0.2, 0) is 11.2 Å². The van der Waals surface area contributed by atoms with Gasteiger partial charge in [-0.25, -0.2) is 0 Å². The van der Waals surface area contributed by atoms with Crippen molar-refractivity contribution in [2.75, 3.05) is 0 Å². The van der Waals surface area contributed by atoms with Crippen molar-refractivity contribution in [3.63, 3.8) is 0 Å². The Morgan fingerprint density at radius 1 is 1.04 bits per heavy atom. The second-order valence-corrected chi connectivity index (χ2v) is 7.37. The number of carbonyl (C=O) groups excluding carboxylic acids is 1. The standard InChI is InChI=1S/C23H36O2/c1-5-13-22-18-21(16-17-23(22)25-20(4)24)15-12-10-8-6-7-9-11-14-19(2)3/h5,13,16-19H,6-12,14-15H2,1-4H3. The van der Waals surface area contributed by atoms with Gasteiger partial charge < -0.3 is 4.74 Å². The van der Waals surface area contributed by atoms with Gasteiger partial charge in [0.05, 0.1) is 0 Å². The molecule has 25 heavy (non-hydrogen) atoms. The zero-order valence-electron chi connectivity index (χ0n) is 16.6. The van der Waals surface area contributed by atoms with Crippen LogP contribution >= 0.6 is 0 Å². The maximum Gasteiger partial charge on any atom is 0.308 e. The van der Waals surface area contributed by atoms with Crippen LogP contribution in [0.4, 0.5) is 0 Å². The molecular weight excluding hydrogens is 308 g/mol. The summed E-state index contributed by atoms with van der Waals surface area (Å²) in [7, 11) is 0. The maximum absolute atomic E-state index is 11.2. The maximum atomic E-state index is 11.2. The van der Waals surface area contributed by atoms with Crippen LogP contribution in [0.5, 0.6) is 5.75 Å². The van der Waals surface area contributed by atoms with Gasteiger partial charge in [-0.15, -0.1) is 0 Å². The second kappa shape index (κ2) is 12.7. The molecule has 140 valence electrons. The molecule has 0 radical (unpaired) electrons. The molecule has 0 amide bonds. The Hall–Kier alpha value is -1.57. The molecule has 1 aromatic rings. The Morgan fingerprint density at radius 3 is 2.28 bits per heavy atom. The molecule has 0 aliphatic carbocycles. The van der Waals surface area contributed by atoms with Gasteiger partial charge in [0, 0.05) is 12.5 Å². The van der Waals surface area contributed by atoms with Crippen molar-refractivity contribution in [3.8, 4) is 5.75 Å². The van der Waals surface area contributed by atoms with E-state index in [1.54, 1.807) is 0 Å². The summed E-state index contributed by atoms with van der Waals surface area (Å²) < 4.78 is 5.27. The summed E-state index contributed by atoms with van der Waals surface area (Å²) in [5.41, 5.74) is 2.31. The van der Waals surface area contributed by atoms with Crippen LogP contribution in [0.1, 0.15) is 90.2 Å². The molecular formula is C23H36O2. The molecule has 0 saturated carbocycles. The van der Waals surface area contributed by atoms with Gasteiger partial charge in [-0.3, -0.25) is 4.79 Å². The molecule has 1 rings (SSSR count). The average molecular weight is 345 g/mol. The lowest BCUT2D eigenvalue weighted by Crippen LogP contribution is -2.03. The van der Waals surface area contributed by atoms with Crippen molar-refractivity contribution in [1.29, 1.82) is 0 Å². The molecule has 0 aromatic heterocycles. The average Bonchev–Trinajstić information content (AvgIpc) is 2.55. The Kier molecular flexibility index (Phi) is 10.9. The highest BCUT2D eigenvalue weighted by Gasteiger charge is 2.05. The molecule has 0 N–H and O–H groups in total. The number of unbranched alkanes of at least 4 members (excludes halogenated alkanes) is 6. The minimum atomic E-state index is -0.271. The van der Waals surface area contributed by atoms with E-state index in [9.17, 15) is 4.79 Å². The van der Waals surface area contributed by atoms with Gasteiger partial charge in [-0.05, 0) is 43.4 Å². The quantitative estimate of drug-likeness (QED) is 0.232. The summed E-state index contributed by atoms with van der Waals surface area (Å²) in [6.07, 6.45) is 15.9. The number of carbonyl (C=O) groups is 1. The van der Waals surface area contributed by atoms with E-state index in [0.717, 1.165) is 17.9 Å². The van der Waals surface area contributed by atoms with E-state index in [-0.39, 0.29) is 5.97 Å². The van der Waals surface area contributed by atoms with Crippen molar-refractivity contribution in [2.24, 2.45) is 5.92 Å². The van der Waals surface area contributed by atoms with E-state index >= 15 is 0 Å². The molecule has 2 heteroatoms. The normalized spacial score (nSPS) is 11.4. The SMILES string of the molecule is CC=Cc1cc(CCCCCCCCCC(C)C)ccc1OC(C)=O. The Labute approximate surface area is 154 Å². The van der Waals surface area contributed by atoms with Gasteiger partial charge in [0.25, 0.3) is 0 Å². The number of esters is 1. The van der Waals surface area contributed by atoms with Crippen LogP contribution in [0.3, 0.4) is 0 Å². The molecule has 0 unspecified atom stereocenters. The van der Waals surface area contributed by atoms with E-state index in [0.29, 0.717) is 5.75 Å². The molecule has 0 bridgehead atoms. The molecule has 0 heterocycles. The lowest BCUT2D eigenvalue weighted by molar-refractivity contribution is -0.131. The third-order valence-corrected chi connectivity index (χ3v) is 4.42. The molecule has 2 nitrogen and oxygen atoms in total. The fourth-order valence-electron chi connectivity index (χ4n) is 3.08. The zero-order valence-corrected chi connectivity index (χ0v) is 16.6. The van der Waals surface area contributed by atoms with Gasteiger partial charge in [0.2, 0.25) is 0 Å². The third-order valence-electron chi connectivity index (χ3n) is 4.42. The van der Waals surface area contributed by atoms with Crippen LogP contribution < -0.4 is 4.74 Å². The first kappa shape index (κ1) is 21.5. The van der Waals surface area contributed by atoms with Crippen LogP contribution in [-0.4, -0.2) is 5.97 Å². The highest BCUT2D eigenvalue weighted by molar-refractivity contribution is 5.72. The smallest absolute Gasteiger partial charge is 0.308 e. The number of benzene rings is 1. The minimum absolute atomic E-state index is 0.271. The summed E-state index contributed by atoms with van der Waals surface area (Å²) in [5.74, 6) is 1.22. The van der Waals surface area contributed by atoms with Crippen molar-refractivity contribution >= 4 is 12.0 Å². The van der Waals surface area contributed by atoms with E-state index < -0.39 is 0 Å². The van der Waals surface area contributed by atoms with Crippen molar-refractivity contribution < 1.29 is 9.53 Å². The van der Waals surface area contributed by atoms with Gasteiger partial charge in [-0.1, -0.05) is 77.0 Å². The third kappa shape index (κ3) is 10.1. The highest BCUT2D eigenvalue weighted by Crippen LogP contribution is 2.23. The summed E-state index contributed by atoms with van der Waals surface area (Å²) >= 11 is 0. The number of allylic oxidation sites excluding steroid dienone is 1. The minimum Gasteiger partial charge on any atom is -0.426 e. The topological polar surface area (TPSA) is 26.3 Å².